The average Bonchev–Trinajstić information content (AvgIpc) is 3.52. The summed E-state index contributed by atoms with van der Waals surface area (Å²) in [6.45, 7) is 2.04. The van der Waals surface area contributed by atoms with Crippen LogP contribution in [0.25, 0.3) is 55.3 Å². The van der Waals surface area contributed by atoms with Crippen LogP contribution in [0.15, 0.2) is 115 Å². The number of hydrogen-bond acceptors (Lipinski definition) is 3. The first-order chi connectivity index (χ1) is 18.4. The van der Waals surface area contributed by atoms with Gasteiger partial charge in [0.2, 0.25) is 0 Å². The van der Waals surface area contributed by atoms with Gasteiger partial charge in [0.1, 0.15) is 5.82 Å². The summed E-state index contributed by atoms with van der Waals surface area (Å²) in [6.07, 6.45) is 2.38. The highest BCUT2D eigenvalue weighted by molar-refractivity contribution is 6.07. The van der Waals surface area contributed by atoms with Crippen LogP contribution in [-0.2, 0) is 0 Å². The molecule has 3 heterocycles. The Morgan fingerprint density at radius 3 is 1.78 bits per heavy atom. The SMILES string of the molecule is c1ccc(-c2cc(-c3c(N4CCCC4)nc4ccccc4c3-c3ccccc3)nc3ccccc23)cc1. The van der Waals surface area contributed by atoms with Crippen LogP contribution in [0, 0.1) is 0 Å². The monoisotopic (exact) mass is 477 g/mol. The second-order valence-electron chi connectivity index (χ2n) is 9.70. The first kappa shape index (κ1) is 21.8. The van der Waals surface area contributed by atoms with Gasteiger partial charge in [0, 0.05) is 29.4 Å². The molecular formula is C34H27N3. The standard InChI is InChI=1S/C34H27N3/c1-3-13-24(14-4-1)28-23-31(35-29-19-9-7-17-26(28)29)33-32(25-15-5-2-6-16-25)27-18-8-10-20-30(27)36-34(33)37-21-11-12-22-37/h1-10,13-20,23H,11-12,21-22H2. The lowest BCUT2D eigenvalue weighted by atomic mass is 9.91. The average molecular weight is 478 g/mol. The van der Waals surface area contributed by atoms with Gasteiger partial charge in [-0.25, -0.2) is 9.97 Å². The zero-order valence-electron chi connectivity index (χ0n) is 20.6. The van der Waals surface area contributed by atoms with Gasteiger partial charge in [0.15, 0.2) is 0 Å². The molecule has 0 aliphatic carbocycles. The van der Waals surface area contributed by atoms with Crippen molar-refractivity contribution in [2.75, 3.05) is 18.0 Å². The van der Waals surface area contributed by atoms with Crippen LogP contribution in [-0.4, -0.2) is 23.1 Å². The van der Waals surface area contributed by atoms with E-state index in [1.807, 2.05) is 0 Å². The van der Waals surface area contributed by atoms with E-state index in [4.69, 9.17) is 9.97 Å². The topological polar surface area (TPSA) is 29.0 Å². The molecule has 4 aromatic carbocycles. The molecule has 1 aliphatic rings. The van der Waals surface area contributed by atoms with E-state index < -0.39 is 0 Å². The van der Waals surface area contributed by atoms with Crippen LogP contribution in [0.1, 0.15) is 12.8 Å². The van der Waals surface area contributed by atoms with Crippen LogP contribution >= 0.6 is 0 Å². The Hall–Kier alpha value is -4.50. The van der Waals surface area contributed by atoms with Crippen molar-refractivity contribution in [3.05, 3.63) is 115 Å². The summed E-state index contributed by atoms with van der Waals surface area (Å²) in [4.78, 5) is 13.0. The molecule has 3 heteroatoms. The van der Waals surface area contributed by atoms with Crippen LogP contribution in [0.2, 0.25) is 0 Å². The Bertz CT molecular complexity index is 1720. The molecule has 1 saturated heterocycles. The largest absolute Gasteiger partial charge is 0.356 e. The third-order valence-corrected chi connectivity index (χ3v) is 7.40. The minimum Gasteiger partial charge on any atom is -0.356 e. The van der Waals surface area contributed by atoms with Gasteiger partial charge < -0.3 is 4.90 Å². The molecule has 37 heavy (non-hydrogen) atoms. The van der Waals surface area contributed by atoms with Gasteiger partial charge in [0.05, 0.1) is 22.3 Å². The molecule has 0 spiro atoms. The van der Waals surface area contributed by atoms with E-state index in [1.54, 1.807) is 0 Å². The summed E-state index contributed by atoms with van der Waals surface area (Å²) >= 11 is 0. The molecule has 0 amide bonds. The molecular weight excluding hydrogens is 450 g/mol. The predicted octanol–water partition coefficient (Wildman–Crippen LogP) is 8.38. The zero-order chi connectivity index (χ0) is 24.6. The number of hydrogen-bond donors (Lipinski definition) is 0. The van der Waals surface area contributed by atoms with Crippen molar-refractivity contribution in [2.45, 2.75) is 12.8 Å². The number of para-hydroxylation sites is 2. The predicted molar refractivity (Wildman–Crippen MR) is 155 cm³/mol. The summed E-state index contributed by atoms with van der Waals surface area (Å²) in [6, 6.07) is 40.6. The molecule has 0 N–H and O–H groups in total. The Morgan fingerprint density at radius 1 is 0.514 bits per heavy atom. The fourth-order valence-corrected chi connectivity index (χ4v) is 5.66. The Morgan fingerprint density at radius 2 is 1.08 bits per heavy atom. The van der Waals surface area contributed by atoms with E-state index in [9.17, 15) is 0 Å². The van der Waals surface area contributed by atoms with Crippen LogP contribution in [0.5, 0.6) is 0 Å². The van der Waals surface area contributed by atoms with E-state index >= 15 is 0 Å². The number of pyridine rings is 2. The second-order valence-corrected chi connectivity index (χ2v) is 9.70. The van der Waals surface area contributed by atoms with Gasteiger partial charge in [-0.15, -0.1) is 0 Å². The van der Waals surface area contributed by atoms with Crippen molar-refractivity contribution in [2.24, 2.45) is 0 Å². The fourth-order valence-electron chi connectivity index (χ4n) is 5.66. The smallest absolute Gasteiger partial charge is 0.139 e. The van der Waals surface area contributed by atoms with Crippen molar-refractivity contribution < 1.29 is 0 Å². The van der Waals surface area contributed by atoms with Crippen LogP contribution in [0.3, 0.4) is 0 Å². The molecule has 0 radical (unpaired) electrons. The number of rotatable bonds is 4. The minimum absolute atomic E-state index is 0.969. The van der Waals surface area contributed by atoms with Crippen LogP contribution in [0.4, 0.5) is 5.82 Å². The number of nitrogens with zero attached hydrogens (tertiary/aromatic N) is 3. The number of fused-ring (bicyclic) bond motifs is 2. The molecule has 3 nitrogen and oxygen atoms in total. The third kappa shape index (κ3) is 3.84. The quantitative estimate of drug-likeness (QED) is 0.255. The van der Waals surface area contributed by atoms with Crippen molar-refractivity contribution in [3.63, 3.8) is 0 Å². The van der Waals surface area contributed by atoms with Gasteiger partial charge in [0.25, 0.3) is 0 Å². The van der Waals surface area contributed by atoms with Gasteiger partial charge in [-0.3, -0.25) is 0 Å². The Kier molecular flexibility index (Phi) is 5.40. The summed E-state index contributed by atoms with van der Waals surface area (Å²) < 4.78 is 0. The summed E-state index contributed by atoms with van der Waals surface area (Å²) in [5.41, 5.74) is 8.89. The van der Waals surface area contributed by atoms with Gasteiger partial charge >= 0.3 is 0 Å². The minimum atomic E-state index is 0.969. The van der Waals surface area contributed by atoms with Crippen LogP contribution < -0.4 is 4.90 Å². The van der Waals surface area contributed by atoms with E-state index in [2.05, 4.69) is 120 Å². The number of aromatic nitrogens is 2. The van der Waals surface area contributed by atoms with Crippen molar-refractivity contribution >= 4 is 27.6 Å². The maximum absolute atomic E-state index is 5.29. The summed E-state index contributed by atoms with van der Waals surface area (Å²) in [7, 11) is 0. The van der Waals surface area contributed by atoms with E-state index in [0.29, 0.717) is 0 Å². The summed E-state index contributed by atoms with van der Waals surface area (Å²) in [5.74, 6) is 1.04. The molecule has 1 aliphatic heterocycles. The normalized spacial score (nSPS) is 13.5. The van der Waals surface area contributed by atoms with Crippen molar-refractivity contribution in [3.8, 4) is 33.5 Å². The molecule has 1 fully saturated rings. The number of benzene rings is 4. The fraction of sp³-hybridized carbons (Fsp3) is 0.118. The molecule has 0 unspecified atom stereocenters. The maximum atomic E-state index is 5.29. The maximum Gasteiger partial charge on any atom is 0.139 e. The zero-order valence-corrected chi connectivity index (χ0v) is 20.6. The second kappa shape index (κ2) is 9.18. The lowest BCUT2D eigenvalue weighted by molar-refractivity contribution is 0.945. The lowest BCUT2D eigenvalue weighted by Gasteiger charge is -2.24. The molecule has 7 rings (SSSR count). The Labute approximate surface area is 217 Å². The van der Waals surface area contributed by atoms with Gasteiger partial charge in [-0.05, 0) is 47.7 Å². The van der Waals surface area contributed by atoms with E-state index in [0.717, 1.165) is 52.0 Å². The highest BCUT2D eigenvalue weighted by Crippen LogP contribution is 2.44. The Balaban J connectivity index is 1.62. The first-order valence-corrected chi connectivity index (χ1v) is 13.1. The van der Waals surface area contributed by atoms with E-state index in [1.165, 1.54) is 35.1 Å². The molecule has 0 atom stereocenters. The van der Waals surface area contributed by atoms with Gasteiger partial charge in [-0.2, -0.15) is 0 Å². The molecule has 0 saturated carbocycles. The molecule has 2 aromatic heterocycles. The van der Waals surface area contributed by atoms with Crippen molar-refractivity contribution in [1.29, 1.82) is 0 Å². The highest BCUT2D eigenvalue weighted by atomic mass is 15.2. The highest BCUT2D eigenvalue weighted by Gasteiger charge is 2.25. The molecule has 0 bridgehead atoms. The molecule has 6 aromatic rings. The number of anilines is 1. The van der Waals surface area contributed by atoms with E-state index in [-0.39, 0.29) is 0 Å². The molecule has 178 valence electrons. The summed E-state index contributed by atoms with van der Waals surface area (Å²) in [5, 5.41) is 2.32. The van der Waals surface area contributed by atoms with Crippen molar-refractivity contribution in [1.82, 2.24) is 9.97 Å². The first-order valence-electron chi connectivity index (χ1n) is 13.1. The van der Waals surface area contributed by atoms with Gasteiger partial charge in [-0.1, -0.05) is 97.1 Å². The lowest BCUT2D eigenvalue weighted by Crippen LogP contribution is -2.20. The third-order valence-electron chi connectivity index (χ3n) is 7.40.